The molecule has 4 rings (SSSR count). The number of rotatable bonds is 3. The number of aryl methyl sites for hydroxylation is 1. The molecule has 0 atom stereocenters. The van der Waals surface area contributed by atoms with Gasteiger partial charge < -0.3 is 18.9 Å². The molecule has 0 spiro atoms. The minimum atomic E-state index is -0.0649. The van der Waals surface area contributed by atoms with Gasteiger partial charge in [0.2, 0.25) is 6.79 Å². The highest BCUT2D eigenvalue weighted by atomic mass is 16.7. The van der Waals surface area contributed by atoms with Gasteiger partial charge in [-0.3, -0.25) is 9.78 Å². The zero-order chi connectivity index (χ0) is 17.6. The van der Waals surface area contributed by atoms with Crippen molar-refractivity contribution in [2.45, 2.75) is 6.54 Å². The number of hydrogen-bond donors (Lipinski definition) is 0. The number of pyridine rings is 2. The molecule has 1 aliphatic heterocycles. The quantitative estimate of drug-likeness (QED) is 0.734. The summed E-state index contributed by atoms with van der Waals surface area (Å²) in [6, 6.07) is 5.95. The van der Waals surface area contributed by atoms with Gasteiger partial charge in [0.1, 0.15) is 0 Å². The van der Waals surface area contributed by atoms with Crippen LogP contribution < -0.4 is 15.0 Å². The van der Waals surface area contributed by atoms with Crippen LogP contribution in [0.5, 0.6) is 11.5 Å². The van der Waals surface area contributed by atoms with E-state index in [9.17, 15) is 4.79 Å². The highest BCUT2D eigenvalue weighted by Gasteiger charge is 2.24. The van der Waals surface area contributed by atoms with Crippen LogP contribution in [0.2, 0.25) is 0 Å². The molecule has 0 saturated carbocycles. The first-order chi connectivity index (χ1) is 12.1. The minimum absolute atomic E-state index is 0.0649. The molecule has 0 amide bonds. The minimum Gasteiger partial charge on any atom is -0.453 e. The molecule has 6 heteroatoms. The largest absolute Gasteiger partial charge is 0.453 e. The fourth-order valence-corrected chi connectivity index (χ4v) is 3.26. The van der Waals surface area contributed by atoms with E-state index in [4.69, 9.17) is 9.47 Å². The van der Waals surface area contributed by atoms with Crippen molar-refractivity contribution in [1.82, 2.24) is 14.5 Å². The second-order valence-electron chi connectivity index (χ2n) is 6.45. The van der Waals surface area contributed by atoms with E-state index in [0.717, 1.165) is 40.1 Å². The lowest BCUT2D eigenvalue weighted by Crippen LogP contribution is -2.16. The van der Waals surface area contributed by atoms with Crippen LogP contribution in [-0.4, -0.2) is 35.3 Å². The van der Waals surface area contributed by atoms with Crippen molar-refractivity contribution < 1.29 is 9.47 Å². The zero-order valence-electron chi connectivity index (χ0n) is 14.4. The number of fused-ring (bicyclic) bond motifs is 2. The molecule has 3 aromatic rings. The van der Waals surface area contributed by atoms with E-state index in [1.807, 2.05) is 32.4 Å². The third-order valence-corrected chi connectivity index (χ3v) is 4.36. The molecule has 0 N–H and O–H groups in total. The SMILES string of the molecule is CN(C)Cc1ccc(-c2cn(C)c(=O)c3cnccc23)c2c1OCO2. The molecule has 0 bridgehead atoms. The Balaban J connectivity index is 1.98. The molecule has 1 aliphatic rings. The van der Waals surface area contributed by atoms with Crippen molar-refractivity contribution in [1.29, 1.82) is 0 Å². The second-order valence-corrected chi connectivity index (χ2v) is 6.45. The average molecular weight is 337 g/mol. The number of hydrogen-bond acceptors (Lipinski definition) is 5. The highest BCUT2D eigenvalue weighted by Crippen LogP contribution is 2.45. The summed E-state index contributed by atoms with van der Waals surface area (Å²) in [7, 11) is 5.78. The van der Waals surface area contributed by atoms with E-state index in [1.165, 1.54) is 0 Å². The normalized spacial score (nSPS) is 13.0. The van der Waals surface area contributed by atoms with Gasteiger partial charge in [-0.15, -0.1) is 0 Å². The fraction of sp³-hybridized carbons (Fsp3) is 0.263. The van der Waals surface area contributed by atoms with E-state index in [-0.39, 0.29) is 12.4 Å². The van der Waals surface area contributed by atoms with Crippen LogP contribution in [0.15, 0.2) is 41.6 Å². The smallest absolute Gasteiger partial charge is 0.259 e. The lowest BCUT2D eigenvalue weighted by atomic mass is 9.98. The summed E-state index contributed by atoms with van der Waals surface area (Å²) in [4.78, 5) is 18.6. The Bertz CT molecular complexity index is 1020. The number of nitrogens with zero attached hydrogens (tertiary/aromatic N) is 3. The first-order valence-corrected chi connectivity index (χ1v) is 8.06. The van der Waals surface area contributed by atoms with Crippen LogP contribution in [0.25, 0.3) is 21.9 Å². The van der Waals surface area contributed by atoms with E-state index in [2.05, 4.69) is 16.0 Å². The van der Waals surface area contributed by atoms with Gasteiger partial charge in [-0.2, -0.15) is 0 Å². The summed E-state index contributed by atoms with van der Waals surface area (Å²) in [6.07, 6.45) is 5.15. The van der Waals surface area contributed by atoms with E-state index in [0.29, 0.717) is 5.39 Å². The first-order valence-electron chi connectivity index (χ1n) is 8.06. The Hall–Kier alpha value is -2.86. The summed E-state index contributed by atoms with van der Waals surface area (Å²) in [5.41, 5.74) is 2.86. The Morgan fingerprint density at radius 3 is 2.72 bits per heavy atom. The number of ether oxygens (including phenoxy) is 2. The summed E-state index contributed by atoms with van der Waals surface area (Å²) < 4.78 is 13.1. The maximum Gasteiger partial charge on any atom is 0.259 e. The Morgan fingerprint density at radius 2 is 1.92 bits per heavy atom. The molecule has 1 aromatic carbocycles. The summed E-state index contributed by atoms with van der Waals surface area (Å²) >= 11 is 0. The maximum atomic E-state index is 12.4. The third kappa shape index (κ3) is 2.55. The van der Waals surface area contributed by atoms with Crippen molar-refractivity contribution in [2.24, 2.45) is 7.05 Å². The molecular weight excluding hydrogens is 318 g/mol. The van der Waals surface area contributed by atoms with Crippen LogP contribution in [0, 0.1) is 0 Å². The Labute approximate surface area is 145 Å². The molecule has 0 saturated heterocycles. The lowest BCUT2D eigenvalue weighted by Gasteiger charge is -2.15. The summed E-state index contributed by atoms with van der Waals surface area (Å²) in [6.45, 7) is 0.974. The first kappa shape index (κ1) is 15.7. The average Bonchev–Trinajstić information content (AvgIpc) is 3.08. The van der Waals surface area contributed by atoms with Gasteiger partial charge in [-0.05, 0) is 31.6 Å². The second kappa shape index (κ2) is 5.89. The molecule has 3 heterocycles. The lowest BCUT2D eigenvalue weighted by molar-refractivity contribution is 0.173. The van der Waals surface area contributed by atoms with Crippen LogP contribution >= 0.6 is 0 Å². The van der Waals surface area contributed by atoms with Crippen molar-refractivity contribution in [2.75, 3.05) is 20.9 Å². The predicted molar refractivity (Wildman–Crippen MR) is 95.9 cm³/mol. The maximum absolute atomic E-state index is 12.4. The van der Waals surface area contributed by atoms with Crippen molar-refractivity contribution in [3.8, 4) is 22.6 Å². The van der Waals surface area contributed by atoms with Gasteiger partial charge in [-0.1, -0.05) is 6.07 Å². The van der Waals surface area contributed by atoms with Gasteiger partial charge >= 0.3 is 0 Å². The number of aromatic nitrogens is 2. The zero-order valence-corrected chi connectivity index (χ0v) is 14.4. The van der Waals surface area contributed by atoms with E-state index < -0.39 is 0 Å². The van der Waals surface area contributed by atoms with Crippen LogP contribution in [0.3, 0.4) is 0 Å². The van der Waals surface area contributed by atoms with Gasteiger partial charge in [0.15, 0.2) is 11.5 Å². The molecule has 0 unspecified atom stereocenters. The molecule has 6 nitrogen and oxygen atoms in total. The molecule has 128 valence electrons. The summed E-state index contributed by atoms with van der Waals surface area (Å²) in [5.74, 6) is 1.51. The third-order valence-electron chi connectivity index (χ3n) is 4.36. The molecule has 0 radical (unpaired) electrons. The standard InChI is InChI=1S/C19H19N3O3/c1-21(2)9-12-4-5-14(18-17(12)24-11-25-18)16-10-22(3)19(23)15-8-20-7-6-13(15)16/h4-8,10H,9,11H2,1-3H3. The summed E-state index contributed by atoms with van der Waals surface area (Å²) in [5, 5.41) is 1.45. The molecule has 0 aliphatic carbocycles. The van der Waals surface area contributed by atoms with E-state index in [1.54, 1.807) is 24.0 Å². The molecular formula is C19H19N3O3. The monoisotopic (exact) mass is 337 g/mol. The van der Waals surface area contributed by atoms with Gasteiger partial charge in [0.05, 0.1) is 5.39 Å². The van der Waals surface area contributed by atoms with E-state index >= 15 is 0 Å². The van der Waals surface area contributed by atoms with Crippen LogP contribution in [0.1, 0.15) is 5.56 Å². The molecule has 25 heavy (non-hydrogen) atoms. The number of benzene rings is 1. The predicted octanol–water partition coefficient (Wildman–Crippen LogP) is 2.39. The van der Waals surface area contributed by atoms with Gasteiger partial charge in [0.25, 0.3) is 5.56 Å². The Kier molecular flexibility index (Phi) is 3.69. The molecule has 2 aromatic heterocycles. The van der Waals surface area contributed by atoms with Gasteiger partial charge in [-0.25, -0.2) is 0 Å². The Morgan fingerprint density at radius 1 is 1.12 bits per heavy atom. The van der Waals surface area contributed by atoms with Crippen LogP contribution in [-0.2, 0) is 13.6 Å². The van der Waals surface area contributed by atoms with Gasteiger partial charge in [0, 0.05) is 48.9 Å². The fourth-order valence-electron chi connectivity index (χ4n) is 3.26. The van der Waals surface area contributed by atoms with Crippen molar-refractivity contribution in [3.05, 3.63) is 52.7 Å². The van der Waals surface area contributed by atoms with Crippen molar-refractivity contribution in [3.63, 3.8) is 0 Å². The molecule has 0 fully saturated rings. The van der Waals surface area contributed by atoms with Crippen LogP contribution in [0.4, 0.5) is 0 Å². The highest BCUT2D eigenvalue weighted by molar-refractivity contribution is 5.97. The van der Waals surface area contributed by atoms with Crippen molar-refractivity contribution >= 4 is 10.8 Å². The topological polar surface area (TPSA) is 56.6 Å².